The summed E-state index contributed by atoms with van der Waals surface area (Å²) in [6.45, 7) is 7.17. The quantitative estimate of drug-likeness (QED) is 0.783. The molecule has 0 aliphatic heterocycles. The van der Waals surface area contributed by atoms with Crippen LogP contribution in [0.25, 0.3) is 0 Å². The zero-order valence-corrected chi connectivity index (χ0v) is 12.6. The van der Waals surface area contributed by atoms with E-state index in [1.54, 1.807) is 20.5 Å². The molecule has 1 rings (SSSR count). The lowest BCUT2D eigenvalue weighted by molar-refractivity contribution is 0.0116. The highest BCUT2D eigenvalue weighted by atomic mass is 16.5. The fourth-order valence-electron chi connectivity index (χ4n) is 1.85. The van der Waals surface area contributed by atoms with E-state index in [0.29, 0.717) is 5.88 Å². The second kappa shape index (κ2) is 7.40. The van der Waals surface area contributed by atoms with Crippen LogP contribution < -0.4 is 10.1 Å². The van der Waals surface area contributed by atoms with Crippen LogP contribution in [-0.2, 0) is 4.74 Å². The summed E-state index contributed by atoms with van der Waals surface area (Å²) in [5, 5.41) is 3.45. The van der Waals surface area contributed by atoms with Crippen molar-refractivity contribution in [2.45, 2.75) is 45.3 Å². The maximum Gasteiger partial charge on any atom is 0.216 e. The molecule has 0 radical (unpaired) electrons. The summed E-state index contributed by atoms with van der Waals surface area (Å²) >= 11 is 0. The van der Waals surface area contributed by atoms with Crippen molar-refractivity contribution in [2.24, 2.45) is 0 Å². The molecule has 108 valence electrons. The third-order valence-corrected chi connectivity index (χ3v) is 3.27. The molecule has 0 bridgehead atoms. The second-order valence-corrected chi connectivity index (χ2v) is 5.10. The number of ether oxygens (including phenoxy) is 2. The highest BCUT2D eigenvalue weighted by Gasteiger charge is 2.20. The molecule has 1 N–H and O–H groups in total. The zero-order chi connectivity index (χ0) is 14.3. The van der Waals surface area contributed by atoms with E-state index < -0.39 is 0 Å². The van der Waals surface area contributed by atoms with Gasteiger partial charge < -0.3 is 14.8 Å². The van der Waals surface area contributed by atoms with E-state index in [4.69, 9.17) is 9.47 Å². The van der Waals surface area contributed by atoms with Gasteiger partial charge in [-0.25, -0.2) is 9.97 Å². The number of rotatable bonds is 8. The maximum absolute atomic E-state index is 5.46. The first-order valence-corrected chi connectivity index (χ1v) is 6.67. The summed E-state index contributed by atoms with van der Waals surface area (Å²) in [6, 6.07) is 2.07. The molecule has 0 fully saturated rings. The lowest BCUT2D eigenvalue weighted by Gasteiger charge is -2.26. The van der Waals surface area contributed by atoms with Crippen molar-refractivity contribution in [2.75, 3.05) is 20.8 Å². The van der Waals surface area contributed by atoms with Crippen LogP contribution in [-0.4, -0.2) is 36.3 Å². The molecule has 0 saturated heterocycles. The molecule has 0 spiro atoms. The Bertz CT molecular complexity index is 383. The van der Waals surface area contributed by atoms with Gasteiger partial charge in [0, 0.05) is 19.2 Å². The Hall–Kier alpha value is -1.20. The summed E-state index contributed by atoms with van der Waals surface area (Å²) < 4.78 is 10.6. The fraction of sp³-hybridized carbons (Fsp3) is 0.714. The van der Waals surface area contributed by atoms with Gasteiger partial charge in [0.2, 0.25) is 5.88 Å². The molecule has 1 aromatic rings. The molecule has 1 atom stereocenters. The highest BCUT2D eigenvalue weighted by molar-refractivity contribution is 5.16. The molecular formula is C14H25N3O2. The monoisotopic (exact) mass is 267 g/mol. The van der Waals surface area contributed by atoms with Crippen LogP contribution in [0.4, 0.5) is 0 Å². The number of hydrogen-bond acceptors (Lipinski definition) is 5. The maximum atomic E-state index is 5.46. The third-order valence-electron chi connectivity index (χ3n) is 3.27. The van der Waals surface area contributed by atoms with Gasteiger partial charge in [0.15, 0.2) is 0 Å². The van der Waals surface area contributed by atoms with E-state index in [-0.39, 0.29) is 11.6 Å². The van der Waals surface area contributed by atoms with Crippen molar-refractivity contribution in [3.63, 3.8) is 0 Å². The molecular weight excluding hydrogens is 242 g/mol. The minimum atomic E-state index is -0.120. The zero-order valence-electron chi connectivity index (χ0n) is 12.6. The first kappa shape index (κ1) is 15.9. The Morgan fingerprint density at radius 1 is 1.32 bits per heavy atom. The SMILES string of the molecule is CCNC(CCC(C)(C)OC)c1cc(OC)ncn1. The van der Waals surface area contributed by atoms with E-state index in [1.165, 1.54) is 0 Å². The smallest absolute Gasteiger partial charge is 0.216 e. The van der Waals surface area contributed by atoms with Gasteiger partial charge in [0.25, 0.3) is 0 Å². The Kier molecular flexibility index (Phi) is 6.18. The molecule has 5 heteroatoms. The normalized spacial score (nSPS) is 13.3. The second-order valence-electron chi connectivity index (χ2n) is 5.10. The summed E-state index contributed by atoms with van der Waals surface area (Å²) in [5.41, 5.74) is 0.839. The number of aromatic nitrogens is 2. The highest BCUT2D eigenvalue weighted by Crippen LogP contribution is 2.24. The van der Waals surface area contributed by atoms with Crippen molar-refractivity contribution in [1.29, 1.82) is 0 Å². The van der Waals surface area contributed by atoms with Crippen molar-refractivity contribution in [3.05, 3.63) is 18.1 Å². The molecule has 19 heavy (non-hydrogen) atoms. The fourth-order valence-corrected chi connectivity index (χ4v) is 1.85. The number of methoxy groups -OCH3 is 2. The van der Waals surface area contributed by atoms with Gasteiger partial charge in [-0.1, -0.05) is 6.92 Å². The van der Waals surface area contributed by atoms with Crippen molar-refractivity contribution >= 4 is 0 Å². The molecule has 1 heterocycles. The third kappa shape index (κ3) is 5.12. The standard InChI is InChI=1S/C14H25N3O2/c1-6-15-11(7-8-14(2,3)19-5)12-9-13(18-4)17-10-16-12/h9-11,15H,6-8H2,1-5H3. The number of nitrogens with zero attached hydrogens (tertiary/aromatic N) is 2. The van der Waals surface area contributed by atoms with Gasteiger partial charge in [-0.15, -0.1) is 0 Å². The topological polar surface area (TPSA) is 56.3 Å². The van der Waals surface area contributed by atoms with Crippen LogP contribution >= 0.6 is 0 Å². The van der Waals surface area contributed by atoms with E-state index in [2.05, 4.69) is 36.1 Å². The molecule has 0 amide bonds. The average molecular weight is 267 g/mol. The lowest BCUT2D eigenvalue weighted by atomic mass is 9.97. The number of nitrogens with one attached hydrogen (secondary N) is 1. The van der Waals surface area contributed by atoms with Gasteiger partial charge in [-0.3, -0.25) is 0 Å². The summed E-state index contributed by atoms with van der Waals surface area (Å²) in [5.74, 6) is 0.596. The summed E-state index contributed by atoms with van der Waals surface area (Å²) in [7, 11) is 3.36. The van der Waals surface area contributed by atoms with Crippen LogP contribution in [0.15, 0.2) is 12.4 Å². The van der Waals surface area contributed by atoms with Crippen molar-refractivity contribution in [1.82, 2.24) is 15.3 Å². The van der Waals surface area contributed by atoms with Gasteiger partial charge >= 0.3 is 0 Å². The average Bonchev–Trinajstić information content (AvgIpc) is 2.43. The van der Waals surface area contributed by atoms with Crippen molar-refractivity contribution < 1.29 is 9.47 Å². The Morgan fingerprint density at radius 3 is 2.63 bits per heavy atom. The van der Waals surface area contributed by atoms with Crippen molar-refractivity contribution in [3.8, 4) is 5.88 Å². The van der Waals surface area contributed by atoms with E-state index >= 15 is 0 Å². The van der Waals surface area contributed by atoms with E-state index in [9.17, 15) is 0 Å². The largest absolute Gasteiger partial charge is 0.481 e. The number of hydrogen-bond donors (Lipinski definition) is 1. The lowest BCUT2D eigenvalue weighted by Crippen LogP contribution is -2.28. The summed E-state index contributed by atoms with van der Waals surface area (Å²) in [6.07, 6.45) is 3.45. The minimum absolute atomic E-state index is 0.120. The molecule has 1 aromatic heterocycles. The molecule has 1 unspecified atom stereocenters. The van der Waals surface area contributed by atoms with E-state index in [0.717, 1.165) is 25.1 Å². The van der Waals surface area contributed by atoms with Crippen LogP contribution in [0.1, 0.15) is 45.3 Å². The predicted molar refractivity (Wildman–Crippen MR) is 75.3 cm³/mol. The molecule has 0 aromatic carbocycles. The van der Waals surface area contributed by atoms with Gasteiger partial charge in [-0.2, -0.15) is 0 Å². The van der Waals surface area contributed by atoms with Gasteiger partial charge in [-0.05, 0) is 33.2 Å². The Balaban J connectivity index is 2.75. The van der Waals surface area contributed by atoms with E-state index in [1.807, 2.05) is 6.07 Å². The Morgan fingerprint density at radius 2 is 2.05 bits per heavy atom. The van der Waals surface area contributed by atoms with Crippen LogP contribution in [0.3, 0.4) is 0 Å². The predicted octanol–water partition coefficient (Wildman–Crippen LogP) is 2.34. The van der Waals surface area contributed by atoms with Gasteiger partial charge in [0.05, 0.1) is 18.4 Å². The van der Waals surface area contributed by atoms with Crippen LogP contribution in [0, 0.1) is 0 Å². The minimum Gasteiger partial charge on any atom is -0.481 e. The van der Waals surface area contributed by atoms with Crippen LogP contribution in [0.5, 0.6) is 5.88 Å². The molecule has 0 aliphatic rings. The molecule has 0 saturated carbocycles. The summed E-state index contributed by atoms with van der Waals surface area (Å²) in [4.78, 5) is 8.38. The first-order chi connectivity index (χ1) is 9.02. The Labute approximate surface area is 115 Å². The first-order valence-electron chi connectivity index (χ1n) is 6.67. The van der Waals surface area contributed by atoms with Gasteiger partial charge in [0.1, 0.15) is 6.33 Å². The molecule has 5 nitrogen and oxygen atoms in total. The van der Waals surface area contributed by atoms with Crippen LogP contribution in [0.2, 0.25) is 0 Å². The molecule has 0 aliphatic carbocycles.